The summed E-state index contributed by atoms with van der Waals surface area (Å²) in [6.45, 7) is 0.517. The van der Waals surface area contributed by atoms with Gasteiger partial charge in [-0.05, 0) is 54.2 Å². The number of hydrogen-bond acceptors (Lipinski definition) is 2. The van der Waals surface area contributed by atoms with Crippen molar-refractivity contribution >= 4 is 27.8 Å². The number of carbonyl (C=O) groups excluding carboxylic acids is 1. The molecule has 5 heteroatoms. The topological polar surface area (TPSA) is 66.4 Å². The molecule has 0 aliphatic heterocycles. The first-order valence-electron chi connectivity index (χ1n) is 7.90. The molecule has 0 bridgehead atoms. The van der Waals surface area contributed by atoms with Gasteiger partial charge < -0.3 is 10.4 Å². The average molecular weight is 388 g/mol. The normalized spacial score (nSPS) is 18.9. The number of carboxylic acids is 1. The van der Waals surface area contributed by atoms with Crippen LogP contribution in [0, 0.1) is 5.92 Å². The zero-order valence-corrected chi connectivity index (χ0v) is 14.6. The van der Waals surface area contributed by atoms with E-state index in [1.54, 1.807) is 18.2 Å². The van der Waals surface area contributed by atoms with Crippen molar-refractivity contribution in [2.45, 2.75) is 18.8 Å². The highest BCUT2D eigenvalue weighted by atomic mass is 79.9. The second-order valence-corrected chi connectivity index (χ2v) is 6.97. The molecule has 4 nitrogen and oxygen atoms in total. The standard InChI is InChI=1S/C19H18BrNO3/c20-15-6-2-4-13(10-15)16-11-17(16)18(22)21-8-7-12-3-1-5-14(9-12)19(23)24/h1-6,9-10,16-17H,7-8,11H2,(H,21,22)(H,23,24). The van der Waals surface area contributed by atoms with Gasteiger partial charge in [0.05, 0.1) is 5.56 Å². The van der Waals surface area contributed by atoms with Crippen LogP contribution in [-0.4, -0.2) is 23.5 Å². The van der Waals surface area contributed by atoms with Gasteiger partial charge in [0.25, 0.3) is 0 Å². The maximum Gasteiger partial charge on any atom is 0.335 e. The van der Waals surface area contributed by atoms with Gasteiger partial charge in [-0.3, -0.25) is 4.79 Å². The van der Waals surface area contributed by atoms with Crippen molar-refractivity contribution < 1.29 is 14.7 Å². The molecule has 2 aromatic carbocycles. The lowest BCUT2D eigenvalue weighted by Crippen LogP contribution is -2.27. The third-order valence-corrected chi connectivity index (χ3v) is 4.78. The van der Waals surface area contributed by atoms with Crippen LogP contribution in [0.15, 0.2) is 53.0 Å². The van der Waals surface area contributed by atoms with E-state index < -0.39 is 5.97 Å². The van der Waals surface area contributed by atoms with Gasteiger partial charge in [0, 0.05) is 16.9 Å². The predicted molar refractivity (Wildman–Crippen MR) is 95.1 cm³/mol. The molecule has 0 spiro atoms. The van der Waals surface area contributed by atoms with Crippen LogP contribution >= 0.6 is 15.9 Å². The number of halogens is 1. The molecule has 1 aliphatic carbocycles. The zero-order valence-electron chi connectivity index (χ0n) is 13.0. The molecule has 3 rings (SSSR count). The minimum atomic E-state index is -0.935. The summed E-state index contributed by atoms with van der Waals surface area (Å²) in [5.41, 5.74) is 2.38. The lowest BCUT2D eigenvalue weighted by atomic mass is 10.1. The summed E-state index contributed by atoms with van der Waals surface area (Å²) in [5, 5.41) is 11.9. The molecule has 1 amide bonds. The summed E-state index contributed by atoms with van der Waals surface area (Å²) in [6.07, 6.45) is 1.51. The number of nitrogens with one attached hydrogen (secondary N) is 1. The summed E-state index contributed by atoms with van der Waals surface area (Å²) in [4.78, 5) is 23.2. The van der Waals surface area contributed by atoms with Gasteiger partial charge in [-0.1, -0.05) is 40.2 Å². The number of rotatable bonds is 6. The summed E-state index contributed by atoms with van der Waals surface area (Å²) in [6, 6.07) is 14.9. The van der Waals surface area contributed by atoms with Gasteiger partial charge in [-0.15, -0.1) is 0 Å². The highest BCUT2D eigenvalue weighted by Gasteiger charge is 2.43. The Kier molecular flexibility index (Phi) is 5.00. The second-order valence-electron chi connectivity index (χ2n) is 6.05. The summed E-state index contributed by atoms with van der Waals surface area (Å²) in [7, 11) is 0. The molecule has 0 saturated heterocycles. The SMILES string of the molecule is O=C(O)c1cccc(CCNC(=O)C2CC2c2cccc(Br)c2)c1. The first-order valence-corrected chi connectivity index (χ1v) is 8.69. The highest BCUT2D eigenvalue weighted by molar-refractivity contribution is 9.10. The lowest BCUT2D eigenvalue weighted by Gasteiger charge is -2.06. The molecule has 2 aromatic rings. The van der Waals surface area contributed by atoms with E-state index >= 15 is 0 Å². The fraction of sp³-hybridized carbons (Fsp3) is 0.263. The third-order valence-electron chi connectivity index (χ3n) is 4.29. The van der Waals surface area contributed by atoms with Gasteiger partial charge in [0.15, 0.2) is 0 Å². The summed E-state index contributed by atoms with van der Waals surface area (Å²) in [5.74, 6) is -0.507. The van der Waals surface area contributed by atoms with Gasteiger partial charge >= 0.3 is 5.97 Å². The fourth-order valence-corrected chi connectivity index (χ4v) is 3.33. The molecule has 1 aliphatic rings. The zero-order chi connectivity index (χ0) is 17.1. The monoisotopic (exact) mass is 387 g/mol. The van der Waals surface area contributed by atoms with Crippen molar-refractivity contribution in [1.29, 1.82) is 0 Å². The van der Waals surface area contributed by atoms with Gasteiger partial charge in [-0.2, -0.15) is 0 Å². The third kappa shape index (κ3) is 4.03. The van der Waals surface area contributed by atoms with E-state index in [2.05, 4.69) is 33.4 Å². The smallest absolute Gasteiger partial charge is 0.335 e. The van der Waals surface area contributed by atoms with Crippen LogP contribution in [0.25, 0.3) is 0 Å². The Morgan fingerprint density at radius 2 is 1.96 bits per heavy atom. The Labute approximate surface area is 149 Å². The Morgan fingerprint density at radius 3 is 2.71 bits per heavy atom. The molecule has 1 fully saturated rings. The minimum absolute atomic E-state index is 0.0460. The highest BCUT2D eigenvalue weighted by Crippen LogP contribution is 2.47. The van der Waals surface area contributed by atoms with Crippen LogP contribution in [0.2, 0.25) is 0 Å². The van der Waals surface area contributed by atoms with Gasteiger partial charge in [0.1, 0.15) is 0 Å². The van der Waals surface area contributed by atoms with Crippen LogP contribution in [0.1, 0.15) is 33.8 Å². The quantitative estimate of drug-likeness (QED) is 0.795. The summed E-state index contributed by atoms with van der Waals surface area (Å²) >= 11 is 3.46. The van der Waals surface area contributed by atoms with Crippen molar-refractivity contribution in [2.24, 2.45) is 5.92 Å². The van der Waals surface area contributed by atoms with Crippen molar-refractivity contribution in [1.82, 2.24) is 5.32 Å². The Morgan fingerprint density at radius 1 is 1.17 bits per heavy atom. The minimum Gasteiger partial charge on any atom is -0.478 e. The lowest BCUT2D eigenvalue weighted by molar-refractivity contribution is -0.122. The first kappa shape index (κ1) is 16.7. The maximum absolute atomic E-state index is 12.2. The number of carbonyl (C=O) groups is 2. The molecule has 1 saturated carbocycles. The molecule has 2 N–H and O–H groups in total. The van der Waals surface area contributed by atoms with E-state index in [9.17, 15) is 9.59 Å². The van der Waals surface area contributed by atoms with Crippen molar-refractivity contribution in [3.8, 4) is 0 Å². The van der Waals surface area contributed by atoms with Crippen LogP contribution in [0.5, 0.6) is 0 Å². The molecule has 24 heavy (non-hydrogen) atoms. The van der Waals surface area contributed by atoms with E-state index in [1.165, 1.54) is 5.56 Å². The van der Waals surface area contributed by atoms with Crippen LogP contribution in [-0.2, 0) is 11.2 Å². The van der Waals surface area contributed by atoms with E-state index in [1.807, 2.05) is 18.2 Å². The maximum atomic E-state index is 12.2. The van der Waals surface area contributed by atoms with Crippen molar-refractivity contribution in [2.75, 3.05) is 6.54 Å². The summed E-state index contributed by atoms with van der Waals surface area (Å²) < 4.78 is 1.03. The van der Waals surface area contributed by atoms with Crippen LogP contribution in [0.3, 0.4) is 0 Å². The van der Waals surface area contributed by atoms with E-state index in [4.69, 9.17) is 5.11 Å². The second kappa shape index (κ2) is 7.18. The Hall–Kier alpha value is -2.14. The van der Waals surface area contributed by atoms with E-state index in [0.717, 1.165) is 16.5 Å². The molecule has 2 unspecified atom stereocenters. The molecular formula is C19H18BrNO3. The molecular weight excluding hydrogens is 370 g/mol. The molecule has 0 radical (unpaired) electrons. The van der Waals surface area contributed by atoms with Crippen LogP contribution < -0.4 is 5.32 Å². The predicted octanol–water partition coefficient (Wildman–Crippen LogP) is 3.61. The first-order chi connectivity index (χ1) is 11.5. The van der Waals surface area contributed by atoms with Gasteiger partial charge in [-0.25, -0.2) is 4.79 Å². The van der Waals surface area contributed by atoms with E-state index in [0.29, 0.717) is 18.9 Å². The van der Waals surface area contributed by atoms with E-state index in [-0.39, 0.29) is 17.4 Å². The van der Waals surface area contributed by atoms with Crippen LogP contribution in [0.4, 0.5) is 0 Å². The number of aromatic carboxylic acids is 1. The van der Waals surface area contributed by atoms with Gasteiger partial charge in [0.2, 0.25) is 5.91 Å². The largest absolute Gasteiger partial charge is 0.478 e. The Bertz CT molecular complexity index is 775. The number of hydrogen-bond donors (Lipinski definition) is 2. The Balaban J connectivity index is 1.49. The fourth-order valence-electron chi connectivity index (χ4n) is 2.91. The average Bonchev–Trinajstić information content (AvgIpc) is 3.36. The molecule has 124 valence electrons. The molecule has 0 heterocycles. The molecule has 0 aromatic heterocycles. The number of amides is 1. The molecule has 2 atom stereocenters. The van der Waals surface area contributed by atoms with Crippen molar-refractivity contribution in [3.05, 3.63) is 69.7 Å². The number of carboxylic acid groups (broad SMARTS) is 1. The number of benzene rings is 2. The van der Waals surface area contributed by atoms with Crippen molar-refractivity contribution in [3.63, 3.8) is 0 Å².